The van der Waals surface area contributed by atoms with Crippen molar-refractivity contribution in [3.63, 3.8) is 0 Å². The van der Waals surface area contributed by atoms with Crippen LogP contribution < -0.4 is 10.2 Å². The highest BCUT2D eigenvalue weighted by Crippen LogP contribution is 2.27. The van der Waals surface area contributed by atoms with Crippen molar-refractivity contribution in [1.82, 2.24) is 5.32 Å². The van der Waals surface area contributed by atoms with E-state index in [0.29, 0.717) is 11.8 Å². The van der Waals surface area contributed by atoms with Gasteiger partial charge < -0.3 is 10.2 Å². The monoisotopic (exact) mass is 258 g/mol. The molecule has 1 aromatic rings. The van der Waals surface area contributed by atoms with Crippen LogP contribution in [-0.4, -0.2) is 25.5 Å². The van der Waals surface area contributed by atoms with Crippen molar-refractivity contribution in [2.75, 3.05) is 24.5 Å². The van der Waals surface area contributed by atoms with Gasteiger partial charge in [0.05, 0.1) is 0 Å². The Morgan fingerprint density at radius 1 is 1.21 bits per heavy atom. The first-order valence-corrected chi connectivity index (χ1v) is 7.40. The molecule has 1 saturated carbocycles. The SMILES string of the molecule is O=C(NCC1CCN(c2ccccc2)C1)C1CCC1. The molecule has 1 heterocycles. The summed E-state index contributed by atoms with van der Waals surface area (Å²) in [7, 11) is 0. The number of hydrogen-bond donors (Lipinski definition) is 1. The smallest absolute Gasteiger partial charge is 0.223 e. The minimum absolute atomic E-state index is 0.282. The van der Waals surface area contributed by atoms with Gasteiger partial charge in [-0.1, -0.05) is 24.6 Å². The van der Waals surface area contributed by atoms with Gasteiger partial charge in [-0.25, -0.2) is 0 Å². The molecule has 1 aromatic carbocycles. The summed E-state index contributed by atoms with van der Waals surface area (Å²) in [6, 6.07) is 10.5. The average molecular weight is 258 g/mol. The van der Waals surface area contributed by atoms with Crippen molar-refractivity contribution < 1.29 is 4.79 Å². The summed E-state index contributed by atoms with van der Waals surface area (Å²) < 4.78 is 0. The van der Waals surface area contributed by atoms with Crippen LogP contribution in [0.25, 0.3) is 0 Å². The summed E-state index contributed by atoms with van der Waals surface area (Å²) in [5, 5.41) is 3.13. The molecule has 102 valence electrons. The van der Waals surface area contributed by atoms with E-state index < -0.39 is 0 Å². The second-order valence-electron chi connectivity index (χ2n) is 5.81. The third kappa shape index (κ3) is 2.91. The van der Waals surface area contributed by atoms with Gasteiger partial charge in [0.15, 0.2) is 0 Å². The molecular weight excluding hydrogens is 236 g/mol. The number of benzene rings is 1. The van der Waals surface area contributed by atoms with Gasteiger partial charge >= 0.3 is 0 Å². The topological polar surface area (TPSA) is 32.3 Å². The zero-order valence-electron chi connectivity index (χ0n) is 11.3. The number of hydrogen-bond acceptors (Lipinski definition) is 2. The molecule has 2 fully saturated rings. The number of carbonyl (C=O) groups is 1. The number of rotatable bonds is 4. The lowest BCUT2D eigenvalue weighted by molar-refractivity contribution is -0.127. The number of nitrogens with zero attached hydrogens (tertiary/aromatic N) is 1. The third-order valence-corrected chi connectivity index (χ3v) is 4.45. The molecule has 1 aliphatic heterocycles. The minimum Gasteiger partial charge on any atom is -0.371 e. The van der Waals surface area contributed by atoms with Gasteiger partial charge in [-0.2, -0.15) is 0 Å². The van der Waals surface area contributed by atoms with Crippen LogP contribution in [0.2, 0.25) is 0 Å². The average Bonchev–Trinajstić information content (AvgIpc) is 2.84. The lowest BCUT2D eigenvalue weighted by atomic mass is 9.85. The second-order valence-corrected chi connectivity index (χ2v) is 5.81. The molecule has 1 amide bonds. The van der Waals surface area contributed by atoms with Gasteiger partial charge in [-0.3, -0.25) is 4.79 Å². The van der Waals surface area contributed by atoms with E-state index >= 15 is 0 Å². The fourth-order valence-electron chi connectivity index (χ4n) is 2.93. The predicted octanol–water partition coefficient (Wildman–Crippen LogP) is 2.43. The van der Waals surface area contributed by atoms with Crippen LogP contribution >= 0.6 is 0 Å². The number of nitrogens with one attached hydrogen (secondary N) is 1. The Morgan fingerprint density at radius 3 is 2.68 bits per heavy atom. The van der Waals surface area contributed by atoms with Gasteiger partial charge in [0, 0.05) is 31.2 Å². The van der Waals surface area contributed by atoms with E-state index in [9.17, 15) is 4.79 Å². The highest BCUT2D eigenvalue weighted by molar-refractivity contribution is 5.79. The minimum atomic E-state index is 0.282. The highest BCUT2D eigenvalue weighted by atomic mass is 16.1. The van der Waals surface area contributed by atoms with Crippen molar-refractivity contribution >= 4 is 11.6 Å². The van der Waals surface area contributed by atoms with E-state index in [4.69, 9.17) is 0 Å². The van der Waals surface area contributed by atoms with Crippen molar-refractivity contribution in [2.45, 2.75) is 25.7 Å². The second kappa shape index (κ2) is 5.64. The van der Waals surface area contributed by atoms with Crippen molar-refractivity contribution in [3.8, 4) is 0 Å². The third-order valence-electron chi connectivity index (χ3n) is 4.45. The molecular formula is C16H22N2O. The maximum absolute atomic E-state index is 11.8. The summed E-state index contributed by atoms with van der Waals surface area (Å²) in [5.74, 6) is 1.19. The van der Waals surface area contributed by atoms with Gasteiger partial charge in [0.1, 0.15) is 0 Å². The maximum atomic E-state index is 11.8. The van der Waals surface area contributed by atoms with E-state index in [1.54, 1.807) is 0 Å². The van der Waals surface area contributed by atoms with Crippen molar-refractivity contribution in [1.29, 1.82) is 0 Å². The van der Waals surface area contributed by atoms with Crippen LogP contribution in [0.1, 0.15) is 25.7 Å². The lowest BCUT2D eigenvalue weighted by Gasteiger charge is -2.25. The van der Waals surface area contributed by atoms with E-state index in [1.807, 2.05) is 0 Å². The molecule has 0 aromatic heterocycles. The van der Waals surface area contributed by atoms with Crippen LogP contribution in [0, 0.1) is 11.8 Å². The molecule has 3 heteroatoms. The first-order chi connectivity index (χ1) is 9.33. The number of para-hydroxylation sites is 1. The van der Waals surface area contributed by atoms with Gasteiger partial charge in [0.25, 0.3) is 0 Å². The fraction of sp³-hybridized carbons (Fsp3) is 0.562. The molecule has 1 unspecified atom stereocenters. The first kappa shape index (κ1) is 12.5. The largest absolute Gasteiger partial charge is 0.371 e. The molecule has 2 aliphatic rings. The molecule has 1 atom stereocenters. The van der Waals surface area contributed by atoms with Crippen LogP contribution in [0.3, 0.4) is 0 Å². The maximum Gasteiger partial charge on any atom is 0.223 e. The van der Waals surface area contributed by atoms with Crippen molar-refractivity contribution in [2.24, 2.45) is 11.8 Å². The van der Waals surface area contributed by atoms with Gasteiger partial charge in [-0.05, 0) is 37.3 Å². The summed E-state index contributed by atoms with van der Waals surface area (Å²) >= 11 is 0. The lowest BCUT2D eigenvalue weighted by Crippen LogP contribution is -2.37. The highest BCUT2D eigenvalue weighted by Gasteiger charge is 2.27. The molecule has 3 rings (SSSR count). The molecule has 1 N–H and O–H groups in total. The summed E-state index contributed by atoms with van der Waals surface area (Å²) in [6.45, 7) is 3.02. The van der Waals surface area contributed by atoms with Gasteiger partial charge in [0.2, 0.25) is 5.91 Å². The fourth-order valence-corrected chi connectivity index (χ4v) is 2.93. The summed E-state index contributed by atoms with van der Waals surface area (Å²) in [4.78, 5) is 14.2. The van der Waals surface area contributed by atoms with Crippen LogP contribution in [0.15, 0.2) is 30.3 Å². The Morgan fingerprint density at radius 2 is 2.00 bits per heavy atom. The predicted molar refractivity (Wildman–Crippen MR) is 77.1 cm³/mol. The Bertz CT molecular complexity index is 428. The molecule has 3 nitrogen and oxygen atoms in total. The van der Waals surface area contributed by atoms with Crippen LogP contribution in [0.4, 0.5) is 5.69 Å². The van der Waals surface area contributed by atoms with Gasteiger partial charge in [-0.15, -0.1) is 0 Å². The Labute approximate surface area is 115 Å². The molecule has 0 radical (unpaired) electrons. The quantitative estimate of drug-likeness (QED) is 0.899. The van der Waals surface area contributed by atoms with E-state index in [-0.39, 0.29) is 5.91 Å². The molecule has 19 heavy (non-hydrogen) atoms. The number of carbonyl (C=O) groups excluding carboxylic acids is 1. The Hall–Kier alpha value is -1.51. The summed E-state index contributed by atoms with van der Waals surface area (Å²) in [6.07, 6.45) is 4.59. The number of anilines is 1. The van der Waals surface area contributed by atoms with E-state index in [0.717, 1.165) is 32.5 Å². The van der Waals surface area contributed by atoms with Crippen LogP contribution in [0.5, 0.6) is 0 Å². The number of amides is 1. The molecule has 1 saturated heterocycles. The zero-order chi connectivity index (χ0) is 13.1. The molecule has 1 aliphatic carbocycles. The normalized spacial score (nSPS) is 23.2. The Kier molecular flexibility index (Phi) is 3.72. The zero-order valence-corrected chi connectivity index (χ0v) is 11.3. The first-order valence-electron chi connectivity index (χ1n) is 7.40. The standard InChI is InChI=1S/C16H22N2O/c19-16(14-5-4-6-14)17-11-13-9-10-18(12-13)15-7-2-1-3-8-15/h1-3,7-8,13-14H,4-6,9-12H2,(H,17,19). The van der Waals surface area contributed by atoms with E-state index in [1.165, 1.54) is 18.5 Å². The summed E-state index contributed by atoms with van der Waals surface area (Å²) in [5.41, 5.74) is 1.30. The van der Waals surface area contributed by atoms with E-state index in [2.05, 4.69) is 40.5 Å². The van der Waals surface area contributed by atoms with Crippen LogP contribution in [-0.2, 0) is 4.79 Å². The van der Waals surface area contributed by atoms with Crippen molar-refractivity contribution in [3.05, 3.63) is 30.3 Å². The Balaban J connectivity index is 1.45. The molecule has 0 bridgehead atoms. The molecule has 0 spiro atoms.